The highest BCUT2D eigenvalue weighted by molar-refractivity contribution is 6.12. The highest BCUT2D eigenvalue weighted by Gasteiger charge is 2.17. The highest BCUT2D eigenvalue weighted by atomic mass is 16.3. The fourth-order valence-corrected chi connectivity index (χ4v) is 6.45. The Hall–Kier alpha value is -6.12. The summed E-state index contributed by atoms with van der Waals surface area (Å²) in [6, 6.07) is 40.9. The van der Waals surface area contributed by atoms with Crippen LogP contribution in [0.15, 0.2) is 180 Å². The lowest BCUT2D eigenvalue weighted by atomic mass is 9.97. The van der Waals surface area contributed by atoms with E-state index in [4.69, 9.17) is 12.6 Å². The van der Waals surface area contributed by atoms with Crippen molar-refractivity contribution in [3.05, 3.63) is 176 Å². The van der Waals surface area contributed by atoms with Crippen molar-refractivity contribution in [1.82, 2.24) is 0 Å². The van der Waals surface area contributed by atoms with Crippen LogP contribution in [0, 0.1) is 0 Å². The molecular formula is C44H29NO. The van der Waals surface area contributed by atoms with E-state index in [1.807, 2.05) is 109 Å². The van der Waals surface area contributed by atoms with E-state index in [1.165, 1.54) is 0 Å². The number of rotatable bonds is 5. The predicted octanol–water partition coefficient (Wildman–Crippen LogP) is 12.7. The summed E-state index contributed by atoms with van der Waals surface area (Å²) in [5, 5.41) is 4.15. The lowest BCUT2D eigenvalue weighted by Gasteiger charge is -2.27. The Bertz CT molecular complexity index is 2910. The van der Waals surface area contributed by atoms with E-state index in [0.717, 1.165) is 55.0 Å². The minimum atomic E-state index is -0.490. The molecule has 0 radical (unpaired) electrons. The molecule has 46 heavy (non-hydrogen) atoms. The molecule has 0 aliphatic carbocycles. The summed E-state index contributed by atoms with van der Waals surface area (Å²) in [5.74, 6) is 0. The van der Waals surface area contributed by atoms with E-state index in [0.29, 0.717) is 11.4 Å². The monoisotopic (exact) mass is 594 g/mol. The van der Waals surface area contributed by atoms with E-state index in [9.17, 15) is 1.37 Å². The van der Waals surface area contributed by atoms with Crippen molar-refractivity contribution in [3.8, 4) is 22.3 Å². The molecule has 9 aromatic rings. The van der Waals surface area contributed by atoms with E-state index in [2.05, 4.69) is 24.3 Å². The quantitative estimate of drug-likeness (QED) is 0.197. The second-order valence-electron chi connectivity index (χ2n) is 11.2. The number of fused-ring (bicyclic) bond motifs is 5. The number of benzene rings is 8. The molecule has 0 saturated heterocycles. The Balaban J connectivity index is 1.27. The molecule has 0 unspecified atom stereocenters. The number of hydrogen-bond donors (Lipinski definition) is 0. The minimum Gasteiger partial charge on any atom is -0.456 e. The SMILES string of the molecule is [2H]c1c([2H])c([2H])c2c(N(c3ccc(-c4cccc5ccccc45)cc3)c3ccc(-c4cccc5oc6ccccc6c45)cc3)c([2H])c([2H])c([2H])c2c1[2H]. The van der Waals surface area contributed by atoms with Gasteiger partial charge in [-0.25, -0.2) is 0 Å². The summed E-state index contributed by atoms with van der Waals surface area (Å²) in [7, 11) is 0. The summed E-state index contributed by atoms with van der Waals surface area (Å²) in [5.41, 5.74) is 6.84. The maximum absolute atomic E-state index is 9.22. The molecule has 0 atom stereocenters. The van der Waals surface area contributed by atoms with Crippen molar-refractivity contribution in [2.45, 2.75) is 0 Å². The van der Waals surface area contributed by atoms with Crippen LogP contribution in [0.5, 0.6) is 0 Å². The van der Waals surface area contributed by atoms with Crippen molar-refractivity contribution in [3.63, 3.8) is 0 Å². The Labute approximate surface area is 277 Å². The van der Waals surface area contributed by atoms with Gasteiger partial charge in [-0.2, -0.15) is 0 Å². The zero-order chi connectivity index (χ0) is 36.5. The first-order chi connectivity index (χ1) is 25.7. The molecule has 0 bridgehead atoms. The number of hydrogen-bond acceptors (Lipinski definition) is 2. The van der Waals surface area contributed by atoms with Gasteiger partial charge in [-0.1, -0.05) is 133 Å². The Kier molecular flexibility index (Phi) is 4.70. The van der Waals surface area contributed by atoms with E-state index in [1.54, 1.807) is 4.90 Å². The summed E-state index contributed by atoms with van der Waals surface area (Å²) < 4.78 is 67.5. The smallest absolute Gasteiger partial charge is 0.136 e. The molecule has 0 aliphatic heterocycles. The molecule has 1 heterocycles. The van der Waals surface area contributed by atoms with Gasteiger partial charge in [0.2, 0.25) is 0 Å². The normalized spacial score (nSPS) is 13.6. The van der Waals surface area contributed by atoms with Gasteiger partial charge in [-0.05, 0) is 80.9 Å². The van der Waals surface area contributed by atoms with Gasteiger partial charge in [0.05, 0.1) is 15.3 Å². The van der Waals surface area contributed by atoms with Gasteiger partial charge in [0.1, 0.15) is 11.2 Å². The summed E-state index contributed by atoms with van der Waals surface area (Å²) in [6.07, 6.45) is 0. The van der Waals surface area contributed by atoms with Crippen LogP contribution < -0.4 is 4.90 Å². The van der Waals surface area contributed by atoms with Crippen LogP contribution in [0.25, 0.3) is 65.7 Å². The lowest BCUT2D eigenvalue weighted by Crippen LogP contribution is -2.10. The first kappa shape index (κ1) is 20.0. The second-order valence-corrected chi connectivity index (χ2v) is 11.2. The molecule has 0 saturated carbocycles. The van der Waals surface area contributed by atoms with Crippen molar-refractivity contribution in [1.29, 1.82) is 0 Å². The number of furan rings is 1. The van der Waals surface area contributed by atoms with Crippen LogP contribution in [0.3, 0.4) is 0 Å². The average molecular weight is 595 g/mol. The van der Waals surface area contributed by atoms with Crippen LogP contribution >= 0.6 is 0 Å². The first-order valence-electron chi connectivity index (χ1n) is 18.6. The number of para-hydroxylation sites is 1. The van der Waals surface area contributed by atoms with Gasteiger partial charge in [0, 0.05) is 27.5 Å². The maximum atomic E-state index is 9.22. The third-order valence-corrected chi connectivity index (χ3v) is 8.58. The Morgan fingerprint density at radius 3 is 1.87 bits per heavy atom. The molecular weight excluding hydrogens is 558 g/mol. The Morgan fingerprint density at radius 2 is 1.04 bits per heavy atom. The van der Waals surface area contributed by atoms with Gasteiger partial charge >= 0.3 is 0 Å². The topological polar surface area (TPSA) is 16.4 Å². The largest absolute Gasteiger partial charge is 0.456 e. The molecule has 0 aliphatic rings. The molecule has 0 fully saturated rings. The fraction of sp³-hybridized carbons (Fsp3) is 0. The van der Waals surface area contributed by atoms with Crippen molar-refractivity contribution >= 4 is 60.5 Å². The van der Waals surface area contributed by atoms with Gasteiger partial charge in [-0.3, -0.25) is 0 Å². The van der Waals surface area contributed by atoms with Crippen LogP contribution in [-0.4, -0.2) is 0 Å². The third kappa shape index (κ3) is 4.35. The molecule has 0 spiro atoms. The first-order valence-corrected chi connectivity index (χ1v) is 15.1. The van der Waals surface area contributed by atoms with Crippen molar-refractivity contribution < 1.29 is 14.0 Å². The van der Waals surface area contributed by atoms with Gasteiger partial charge in [-0.15, -0.1) is 0 Å². The zero-order valence-corrected chi connectivity index (χ0v) is 24.6. The molecule has 8 aromatic carbocycles. The minimum absolute atomic E-state index is 0.0128. The van der Waals surface area contributed by atoms with Gasteiger partial charge in [0.15, 0.2) is 0 Å². The van der Waals surface area contributed by atoms with Crippen molar-refractivity contribution in [2.24, 2.45) is 0 Å². The maximum Gasteiger partial charge on any atom is 0.136 e. The van der Waals surface area contributed by atoms with Crippen LogP contribution in [-0.2, 0) is 0 Å². The molecule has 9 rings (SSSR count). The predicted molar refractivity (Wildman–Crippen MR) is 194 cm³/mol. The summed E-state index contributed by atoms with van der Waals surface area (Å²) in [6.45, 7) is 0. The number of nitrogens with zero attached hydrogens (tertiary/aromatic N) is 1. The van der Waals surface area contributed by atoms with E-state index >= 15 is 0 Å². The van der Waals surface area contributed by atoms with Crippen molar-refractivity contribution in [2.75, 3.05) is 4.90 Å². The average Bonchev–Trinajstić information content (AvgIpc) is 3.58. The summed E-state index contributed by atoms with van der Waals surface area (Å²) in [4.78, 5) is 1.76. The third-order valence-electron chi connectivity index (χ3n) is 8.58. The molecule has 0 amide bonds. The standard InChI is InChI=1S/C44H29NO/c1-3-14-36-30(10-1)12-7-17-37(36)32-22-26-34(27-23-32)45(41-19-8-13-31-11-2-4-15-38(31)41)35-28-24-33(25-29-35)39-18-9-21-43-44(39)40-16-5-6-20-42(40)46-43/h1-29H/i2D,4D,8D,11D,13D,15D,19D. The molecule has 0 N–H and O–H groups in total. The second kappa shape index (κ2) is 10.8. The van der Waals surface area contributed by atoms with Gasteiger partial charge in [0.25, 0.3) is 0 Å². The van der Waals surface area contributed by atoms with E-state index < -0.39 is 30.2 Å². The molecule has 2 nitrogen and oxygen atoms in total. The van der Waals surface area contributed by atoms with Crippen LogP contribution in [0.1, 0.15) is 9.60 Å². The molecule has 216 valence electrons. The molecule has 2 heteroatoms. The highest BCUT2D eigenvalue weighted by Crippen LogP contribution is 2.42. The van der Waals surface area contributed by atoms with Crippen LogP contribution in [0.2, 0.25) is 0 Å². The molecule has 1 aromatic heterocycles. The van der Waals surface area contributed by atoms with E-state index in [-0.39, 0.29) is 28.5 Å². The number of anilines is 3. The Morgan fingerprint density at radius 1 is 0.435 bits per heavy atom. The van der Waals surface area contributed by atoms with Crippen LogP contribution in [0.4, 0.5) is 17.1 Å². The van der Waals surface area contributed by atoms with Gasteiger partial charge < -0.3 is 9.32 Å². The summed E-state index contributed by atoms with van der Waals surface area (Å²) >= 11 is 0. The lowest BCUT2D eigenvalue weighted by molar-refractivity contribution is 0.669. The fourth-order valence-electron chi connectivity index (χ4n) is 6.45. The zero-order valence-electron chi connectivity index (χ0n) is 31.6.